The first-order chi connectivity index (χ1) is 38.2. The van der Waals surface area contributed by atoms with Crippen molar-refractivity contribution in [2.45, 2.75) is 121 Å². The van der Waals surface area contributed by atoms with E-state index < -0.39 is 0 Å². The minimum absolute atomic E-state index is 0.0842. The van der Waals surface area contributed by atoms with E-state index in [2.05, 4.69) is 290 Å². The van der Waals surface area contributed by atoms with Crippen LogP contribution >= 0.6 is 0 Å². The highest BCUT2D eigenvalue weighted by Gasteiger charge is 2.50. The SMILES string of the molecule is C=CCC1(C)C(/C=C/C=C2/N(CCCC)c3ccccc3C2(C)C)=[N+](C)c2cc(C(c3ccccc3)c3cc4c(c5ccccc35)C(C)(CC=C)C(/C=C/C=C3/N(CCCC)c5ccccc5C3(C)C)=[N+]4C)c3ccccc3c21. The van der Waals surface area contributed by atoms with Gasteiger partial charge in [-0.3, -0.25) is 0 Å². The highest BCUT2D eigenvalue weighted by atomic mass is 15.2. The maximum atomic E-state index is 4.39. The Kier molecular flexibility index (Phi) is 14.1. The molecule has 4 heteroatoms. The average molecular weight is 1040 g/mol. The van der Waals surface area contributed by atoms with Gasteiger partial charge in [-0.1, -0.05) is 194 Å². The van der Waals surface area contributed by atoms with Gasteiger partial charge in [-0.25, -0.2) is 0 Å². The van der Waals surface area contributed by atoms with E-state index in [1.54, 1.807) is 0 Å². The second kappa shape index (κ2) is 20.9. The van der Waals surface area contributed by atoms with Crippen molar-refractivity contribution in [3.05, 3.63) is 252 Å². The molecule has 4 aliphatic heterocycles. The summed E-state index contributed by atoms with van der Waals surface area (Å²) in [5.41, 5.74) is 19.0. The van der Waals surface area contributed by atoms with Gasteiger partial charge in [-0.2, -0.15) is 9.15 Å². The van der Waals surface area contributed by atoms with Crippen LogP contribution in [-0.4, -0.2) is 47.8 Å². The first-order valence-electron chi connectivity index (χ1n) is 29.3. The molecule has 11 rings (SSSR count). The molecule has 0 N–H and O–H groups in total. The third kappa shape index (κ3) is 8.55. The maximum Gasteiger partial charge on any atom is 0.210 e. The van der Waals surface area contributed by atoms with Gasteiger partial charge in [0, 0.05) is 88.0 Å². The van der Waals surface area contributed by atoms with Crippen LogP contribution in [0.1, 0.15) is 139 Å². The van der Waals surface area contributed by atoms with Crippen LogP contribution in [0.5, 0.6) is 0 Å². The predicted octanol–water partition coefficient (Wildman–Crippen LogP) is 18.4. The van der Waals surface area contributed by atoms with E-state index in [1.165, 1.54) is 106 Å². The largest absolute Gasteiger partial charge is 0.344 e. The maximum absolute atomic E-state index is 4.39. The summed E-state index contributed by atoms with van der Waals surface area (Å²) >= 11 is 0. The van der Waals surface area contributed by atoms with Gasteiger partial charge in [0.05, 0.1) is 10.8 Å². The first-order valence-corrected chi connectivity index (χ1v) is 29.3. The van der Waals surface area contributed by atoms with Gasteiger partial charge >= 0.3 is 0 Å². The van der Waals surface area contributed by atoms with E-state index in [0.717, 1.165) is 51.6 Å². The second-order valence-electron chi connectivity index (χ2n) is 24.3. The lowest BCUT2D eigenvalue weighted by Gasteiger charge is -2.27. The van der Waals surface area contributed by atoms with Crippen LogP contribution in [0.15, 0.2) is 213 Å². The number of fused-ring (bicyclic) bond motifs is 8. The smallest absolute Gasteiger partial charge is 0.210 e. The second-order valence-corrected chi connectivity index (χ2v) is 24.3. The molecule has 0 fully saturated rings. The van der Waals surface area contributed by atoms with E-state index >= 15 is 0 Å². The summed E-state index contributed by atoms with van der Waals surface area (Å²) in [6, 6.07) is 52.8. The van der Waals surface area contributed by atoms with Crippen LogP contribution in [-0.2, 0) is 21.7 Å². The summed E-state index contributed by atoms with van der Waals surface area (Å²) in [7, 11) is 4.57. The minimum atomic E-state index is -0.323. The lowest BCUT2D eigenvalue weighted by atomic mass is 9.71. The van der Waals surface area contributed by atoms with Crippen LogP contribution in [0, 0.1) is 0 Å². The van der Waals surface area contributed by atoms with Crippen molar-refractivity contribution in [2.24, 2.45) is 0 Å². The zero-order chi connectivity index (χ0) is 55.4. The summed E-state index contributed by atoms with van der Waals surface area (Å²) in [5, 5.41) is 5.16. The molecule has 0 saturated carbocycles. The molecule has 7 aromatic carbocycles. The van der Waals surface area contributed by atoms with Crippen LogP contribution < -0.4 is 9.80 Å². The Labute approximate surface area is 472 Å². The molecule has 4 nitrogen and oxygen atoms in total. The van der Waals surface area contributed by atoms with E-state index in [1.807, 2.05) is 0 Å². The Morgan fingerprint density at radius 1 is 0.494 bits per heavy atom. The number of rotatable bonds is 17. The molecule has 0 aromatic heterocycles. The van der Waals surface area contributed by atoms with Gasteiger partial charge in [0.15, 0.2) is 11.4 Å². The molecule has 0 bridgehead atoms. The lowest BCUT2D eigenvalue weighted by molar-refractivity contribution is -0.401. The normalized spacial score (nSPS) is 21.3. The van der Waals surface area contributed by atoms with Crippen molar-refractivity contribution < 1.29 is 9.15 Å². The average Bonchev–Trinajstić information content (AvgIpc) is 4.08. The summed E-state index contributed by atoms with van der Waals surface area (Å²) < 4.78 is 4.98. The molecule has 0 saturated heterocycles. The van der Waals surface area contributed by atoms with Gasteiger partial charge in [0.2, 0.25) is 11.4 Å². The van der Waals surface area contributed by atoms with Crippen LogP contribution in [0.2, 0.25) is 0 Å². The molecule has 2 atom stereocenters. The summed E-state index contributed by atoms with van der Waals surface area (Å²) in [4.78, 5) is 5.14. The molecule has 4 aliphatic rings. The number of hydrogen-bond donors (Lipinski definition) is 0. The molecule has 79 heavy (non-hydrogen) atoms. The highest BCUT2D eigenvalue weighted by Crippen LogP contribution is 2.54. The van der Waals surface area contributed by atoms with Gasteiger partial charge in [0.25, 0.3) is 0 Å². The van der Waals surface area contributed by atoms with E-state index in [0.29, 0.717) is 0 Å². The van der Waals surface area contributed by atoms with Crippen molar-refractivity contribution in [1.82, 2.24) is 0 Å². The van der Waals surface area contributed by atoms with Gasteiger partial charge in [0.1, 0.15) is 14.1 Å². The summed E-state index contributed by atoms with van der Waals surface area (Å²) in [6.45, 7) is 29.8. The van der Waals surface area contributed by atoms with Crippen LogP contribution in [0.3, 0.4) is 0 Å². The molecule has 0 amide bonds. The number of nitrogens with zero attached hydrogens (tertiary/aromatic N) is 4. The van der Waals surface area contributed by atoms with E-state index in [9.17, 15) is 0 Å². The summed E-state index contributed by atoms with van der Waals surface area (Å²) in [5.74, 6) is -0.0842. The number of unbranched alkanes of at least 4 members (excludes halogenated alkanes) is 2. The van der Waals surface area contributed by atoms with Crippen molar-refractivity contribution in [3.8, 4) is 0 Å². The number of anilines is 2. The van der Waals surface area contributed by atoms with Crippen molar-refractivity contribution in [2.75, 3.05) is 37.0 Å². The zero-order valence-electron chi connectivity index (χ0n) is 48.8. The molecular formula is C75H82N4+2. The fraction of sp³-hybridized carbons (Fsp3) is 0.307. The fourth-order valence-corrected chi connectivity index (χ4v) is 14.8. The van der Waals surface area contributed by atoms with Crippen molar-refractivity contribution >= 4 is 55.7 Å². The molecule has 400 valence electrons. The Morgan fingerprint density at radius 2 is 0.873 bits per heavy atom. The van der Waals surface area contributed by atoms with E-state index in [4.69, 9.17) is 0 Å². The highest BCUT2D eigenvalue weighted by molar-refractivity contribution is 6.11. The minimum Gasteiger partial charge on any atom is -0.344 e. The molecule has 4 heterocycles. The Bertz CT molecular complexity index is 3530. The third-order valence-corrected chi connectivity index (χ3v) is 18.7. The fourth-order valence-electron chi connectivity index (χ4n) is 14.8. The molecule has 2 unspecified atom stereocenters. The Hall–Kier alpha value is -7.56. The van der Waals surface area contributed by atoms with Crippen LogP contribution in [0.25, 0.3) is 21.5 Å². The van der Waals surface area contributed by atoms with Gasteiger partial charge < -0.3 is 9.80 Å². The third-order valence-electron chi connectivity index (χ3n) is 18.7. The van der Waals surface area contributed by atoms with Crippen LogP contribution in [0.4, 0.5) is 22.7 Å². The lowest BCUT2D eigenvalue weighted by Crippen LogP contribution is -2.30. The Balaban J connectivity index is 1.08. The van der Waals surface area contributed by atoms with Gasteiger partial charge in [-0.05, 0) is 113 Å². The number of hydrogen-bond acceptors (Lipinski definition) is 2. The van der Waals surface area contributed by atoms with E-state index in [-0.39, 0.29) is 27.6 Å². The number of benzene rings is 7. The number of allylic oxidation sites excluding steroid dienone is 10. The zero-order valence-corrected chi connectivity index (χ0v) is 48.8. The van der Waals surface area contributed by atoms with Crippen molar-refractivity contribution in [1.29, 1.82) is 0 Å². The quantitative estimate of drug-likeness (QED) is 0.0512. The number of para-hydroxylation sites is 2. The molecular weight excluding hydrogens is 957 g/mol. The predicted molar refractivity (Wildman–Crippen MR) is 339 cm³/mol. The van der Waals surface area contributed by atoms with Gasteiger partial charge in [-0.15, -0.1) is 13.2 Å². The van der Waals surface area contributed by atoms with Crippen molar-refractivity contribution in [3.63, 3.8) is 0 Å². The standard InChI is InChI=1S/C75H82N4/c1-13-17-48-78-61-40-28-26-38-59(61)72(5,6)65(78)42-30-44-67-74(9,46-15-3)70-55-36-24-22-34-53(55)57(50-63(70)76(67)11)69(52-32-20-19-21-33-52)58-51-64-71(56-37-25-23-35-54(56)58)75(10,47-16-4)68(77(64)12)45-31-43-66-73(7,8)60-39-27-29-41-62(60)79(66)49-18-14-2/h15-16,19-45,50-51,69H,3-4,13-14,17-18,46-49H2,1-2,5-12H3/q+2. The summed E-state index contributed by atoms with van der Waals surface area (Å²) in [6.07, 6.45) is 24.7. The molecule has 7 aromatic rings. The first kappa shape index (κ1) is 53.4. The monoisotopic (exact) mass is 1040 g/mol. The molecule has 0 radical (unpaired) electrons. The Morgan fingerprint density at radius 3 is 1.28 bits per heavy atom. The molecule has 0 aliphatic carbocycles. The topological polar surface area (TPSA) is 12.5 Å². The molecule has 0 spiro atoms.